The summed E-state index contributed by atoms with van der Waals surface area (Å²) in [6.07, 6.45) is 5.05. The molecule has 0 radical (unpaired) electrons. The highest BCUT2D eigenvalue weighted by atomic mass is 16.5. The number of ether oxygens (including phenoxy) is 1. The fraction of sp³-hybridized carbons (Fsp3) is 0.357. The molecule has 0 amide bonds. The summed E-state index contributed by atoms with van der Waals surface area (Å²) < 4.78 is 10.6. The summed E-state index contributed by atoms with van der Waals surface area (Å²) >= 11 is 0. The van der Waals surface area contributed by atoms with Gasteiger partial charge in [-0.15, -0.1) is 5.10 Å². The Morgan fingerprint density at radius 1 is 1.55 bits per heavy atom. The zero-order valence-corrected chi connectivity index (χ0v) is 11.1. The van der Waals surface area contributed by atoms with Crippen molar-refractivity contribution in [3.63, 3.8) is 0 Å². The molecule has 0 fully saturated rings. The van der Waals surface area contributed by atoms with Crippen LogP contribution in [0.25, 0.3) is 0 Å². The molecule has 0 aliphatic carbocycles. The Morgan fingerprint density at radius 2 is 2.40 bits per heavy atom. The maximum Gasteiger partial charge on any atom is 0.358 e. The molecule has 6 heteroatoms. The van der Waals surface area contributed by atoms with Crippen LogP contribution in [0, 0.1) is 17.2 Å². The first kappa shape index (κ1) is 12.5. The summed E-state index contributed by atoms with van der Waals surface area (Å²) in [6.45, 7) is 2.09. The van der Waals surface area contributed by atoms with Crippen LogP contribution in [0.5, 0.6) is 5.88 Å². The van der Waals surface area contributed by atoms with Crippen LogP contribution in [0.4, 0.5) is 0 Å². The van der Waals surface area contributed by atoms with Gasteiger partial charge < -0.3 is 9.15 Å². The van der Waals surface area contributed by atoms with Crippen molar-refractivity contribution in [2.24, 2.45) is 5.92 Å². The highest BCUT2D eigenvalue weighted by molar-refractivity contribution is 5.82. The second-order valence-corrected chi connectivity index (χ2v) is 4.82. The third-order valence-electron chi connectivity index (χ3n) is 3.55. The fourth-order valence-electron chi connectivity index (χ4n) is 2.66. The van der Waals surface area contributed by atoms with Crippen LogP contribution in [0.15, 0.2) is 23.0 Å². The van der Waals surface area contributed by atoms with Crippen LogP contribution in [-0.2, 0) is 6.42 Å². The van der Waals surface area contributed by atoms with Crippen molar-refractivity contribution in [1.29, 1.82) is 5.26 Å². The minimum atomic E-state index is -0.548. The number of hydrogen-bond acceptors (Lipinski definition) is 4. The second-order valence-electron chi connectivity index (χ2n) is 4.82. The maximum atomic E-state index is 9.42. The molecule has 0 saturated heterocycles. The molecule has 2 aromatic rings. The molecule has 0 bridgehead atoms. The zero-order valence-electron chi connectivity index (χ0n) is 11.1. The van der Waals surface area contributed by atoms with Gasteiger partial charge in [0.1, 0.15) is 0 Å². The quantitative estimate of drug-likeness (QED) is 0.861. The number of nitrogens with zero attached hydrogens (tertiary/aromatic N) is 2. The largest absolute Gasteiger partial charge is 0.472 e. The Hall–Kier alpha value is -2.55. The third kappa shape index (κ3) is 1.79. The Labute approximate surface area is 115 Å². The summed E-state index contributed by atoms with van der Waals surface area (Å²) in [5.41, 5.74) is 2.80. The molecular formula is C14H15N4O2+. The predicted octanol–water partition coefficient (Wildman–Crippen LogP) is 0.777. The number of hydrogen-bond donors (Lipinski definition) is 2. The molecular weight excluding hydrogens is 256 g/mol. The van der Waals surface area contributed by atoms with Gasteiger partial charge in [0.25, 0.3) is 0 Å². The number of rotatable bonds is 3. The monoisotopic (exact) mass is 271 g/mol. The van der Waals surface area contributed by atoms with Crippen molar-refractivity contribution in [2.75, 3.05) is 0 Å². The lowest BCUT2D eigenvalue weighted by atomic mass is 9.80. The molecule has 20 heavy (non-hydrogen) atoms. The van der Waals surface area contributed by atoms with Gasteiger partial charge in [0, 0.05) is 22.7 Å². The van der Waals surface area contributed by atoms with Crippen LogP contribution in [0.1, 0.15) is 36.1 Å². The number of nitriles is 1. The van der Waals surface area contributed by atoms with Crippen molar-refractivity contribution in [1.82, 2.24) is 10.2 Å². The van der Waals surface area contributed by atoms with Crippen LogP contribution in [-0.4, -0.2) is 16.1 Å². The van der Waals surface area contributed by atoms with Crippen LogP contribution >= 0.6 is 0 Å². The van der Waals surface area contributed by atoms with E-state index in [0.29, 0.717) is 5.88 Å². The van der Waals surface area contributed by atoms with E-state index in [0.717, 1.165) is 29.7 Å². The van der Waals surface area contributed by atoms with Gasteiger partial charge in [0.2, 0.25) is 5.88 Å². The van der Waals surface area contributed by atoms with E-state index < -0.39 is 5.92 Å². The number of nitrogens with one attached hydrogen (secondary N) is 1. The van der Waals surface area contributed by atoms with Gasteiger partial charge in [-0.05, 0) is 12.5 Å². The Kier molecular flexibility index (Phi) is 3.03. The SMILES string of the molecule is CCCc1[nH]nc2c1[C@@H](c1ccoc1)[C@@H](C#N)C(=[NH2+])O2. The van der Waals surface area contributed by atoms with Crippen molar-refractivity contribution in [3.8, 4) is 11.9 Å². The third-order valence-corrected chi connectivity index (χ3v) is 3.55. The molecule has 102 valence electrons. The molecule has 1 aliphatic rings. The van der Waals surface area contributed by atoms with Gasteiger partial charge in [-0.25, -0.2) is 5.41 Å². The van der Waals surface area contributed by atoms with Gasteiger partial charge in [0.05, 0.1) is 18.6 Å². The number of H-pyrrole nitrogens is 1. The van der Waals surface area contributed by atoms with Gasteiger partial charge >= 0.3 is 5.90 Å². The molecule has 3 N–H and O–H groups in total. The first-order valence-corrected chi connectivity index (χ1v) is 6.55. The number of aryl methyl sites for hydroxylation is 1. The molecule has 0 spiro atoms. The van der Waals surface area contributed by atoms with E-state index in [2.05, 4.69) is 23.2 Å². The predicted molar refractivity (Wildman–Crippen MR) is 69.8 cm³/mol. The summed E-state index contributed by atoms with van der Waals surface area (Å²) in [7, 11) is 0. The standard InChI is InChI=1S/C14H14N4O2/c1-2-3-10-12-11(8-4-5-19-7-8)9(6-15)13(16)20-14(12)18-17-10/h4-5,7,9,11,16H,2-3H2,1H3,(H,17,18)/p+1/t9-,11+/m1/s1. The normalized spacial score (nSPS) is 21.1. The average Bonchev–Trinajstić information content (AvgIpc) is 3.08. The first-order chi connectivity index (χ1) is 9.76. The van der Waals surface area contributed by atoms with Crippen molar-refractivity contribution >= 4 is 5.90 Å². The van der Waals surface area contributed by atoms with Crippen molar-refractivity contribution < 1.29 is 14.6 Å². The highest BCUT2D eigenvalue weighted by Gasteiger charge is 2.43. The van der Waals surface area contributed by atoms with E-state index in [1.165, 1.54) is 0 Å². The minimum Gasteiger partial charge on any atom is -0.472 e. The van der Waals surface area contributed by atoms with Crippen molar-refractivity contribution in [2.45, 2.75) is 25.7 Å². The van der Waals surface area contributed by atoms with Gasteiger partial charge in [0.15, 0.2) is 5.92 Å². The maximum absolute atomic E-state index is 9.42. The Bertz CT molecular complexity index is 666. The first-order valence-electron chi connectivity index (χ1n) is 6.55. The van der Waals surface area contributed by atoms with Crippen molar-refractivity contribution in [3.05, 3.63) is 35.4 Å². The topological polar surface area (TPSA) is 100 Å². The highest BCUT2D eigenvalue weighted by Crippen LogP contribution is 2.42. The minimum absolute atomic E-state index is 0.181. The molecule has 3 heterocycles. The number of nitrogens with two attached hydrogens (primary N) is 1. The van der Waals surface area contributed by atoms with Crippen LogP contribution < -0.4 is 10.1 Å². The second kappa shape index (κ2) is 4.85. The lowest BCUT2D eigenvalue weighted by molar-refractivity contribution is -0.138. The molecule has 3 rings (SSSR count). The molecule has 1 aliphatic heterocycles. The average molecular weight is 271 g/mol. The Morgan fingerprint density at radius 3 is 3.05 bits per heavy atom. The molecule has 0 unspecified atom stereocenters. The smallest absolute Gasteiger partial charge is 0.358 e. The molecule has 2 aromatic heterocycles. The van der Waals surface area contributed by atoms with Gasteiger partial charge in [-0.1, -0.05) is 13.3 Å². The van der Waals surface area contributed by atoms with E-state index >= 15 is 0 Å². The van der Waals surface area contributed by atoms with E-state index in [4.69, 9.17) is 14.6 Å². The molecule has 6 nitrogen and oxygen atoms in total. The zero-order chi connectivity index (χ0) is 14.1. The number of furan rings is 1. The van der Waals surface area contributed by atoms with E-state index in [-0.39, 0.29) is 11.8 Å². The summed E-state index contributed by atoms with van der Waals surface area (Å²) in [5, 5.41) is 22.5. The van der Waals surface area contributed by atoms with E-state index in [1.807, 2.05) is 6.07 Å². The lowest BCUT2D eigenvalue weighted by Gasteiger charge is -2.24. The van der Waals surface area contributed by atoms with Gasteiger partial charge in [-0.3, -0.25) is 5.10 Å². The summed E-state index contributed by atoms with van der Waals surface area (Å²) in [5.74, 6) is -0.111. The van der Waals surface area contributed by atoms with Crippen LogP contribution in [0.3, 0.4) is 0 Å². The number of aromatic nitrogens is 2. The number of aromatic amines is 1. The van der Waals surface area contributed by atoms with Gasteiger partial charge in [-0.2, -0.15) is 5.26 Å². The summed E-state index contributed by atoms with van der Waals surface area (Å²) in [4.78, 5) is 0. The lowest BCUT2D eigenvalue weighted by Crippen LogP contribution is -2.51. The number of fused-ring (bicyclic) bond motifs is 1. The summed E-state index contributed by atoms with van der Waals surface area (Å²) in [6, 6.07) is 4.07. The molecule has 0 saturated carbocycles. The molecule has 0 aromatic carbocycles. The van der Waals surface area contributed by atoms with Crippen LogP contribution in [0.2, 0.25) is 0 Å². The fourth-order valence-corrected chi connectivity index (χ4v) is 2.66. The molecule has 2 atom stereocenters. The van der Waals surface area contributed by atoms with E-state index in [1.54, 1.807) is 12.5 Å². The van der Waals surface area contributed by atoms with E-state index in [9.17, 15) is 5.26 Å². The Balaban J connectivity index is 2.16.